The summed E-state index contributed by atoms with van der Waals surface area (Å²) < 4.78 is 10.9. The molecule has 0 bridgehead atoms. The summed E-state index contributed by atoms with van der Waals surface area (Å²) in [5, 5.41) is 12.7. The van der Waals surface area contributed by atoms with E-state index in [1.54, 1.807) is 36.1 Å². The van der Waals surface area contributed by atoms with Crippen LogP contribution in [0.1, 0.15) is 35.8 Å². The highest BCUT2D eigenvalue weighted by Gasteiger charge is 2.37. The summed E-state index contributed by atoms with van der Waals surface area (Å²) >= 11 is 0. The van der Waals surface area contributed by atoms with Gasteiger partial charge in [0.25, 0.3) is 5.89 Å². The number of nitrogens with zero attached hydrogens (tertiary/aromatic N) is 4. The number of nitriles is 1. The Morgan fingerprint density at radius 1 is 1.42 bits per heavy atom. The van der Waals surface area contributed by atoms with E-state index in [-0.39, 0.29) is 24.5 Å². The zero-order valence-corrected chi connectivity index (χ0v) is 13.6. The van der Waals surface area contributed by atoms with E-state index in [4.69, 9.17) is 14.5 Å². The number of ether oxygens (including phenoxy) is 1. The second kappa shape index (κ2) is 6.81. The lowest BCUT2D eigenvalue weighted by molar-refractivity contribution is -0.146. The van der Waals surface area contributed by atoms with Crippen molar-refractivity contribution in [3.05, 3.63) is 47.1 Å². The molecule has 0 saturated carbocycles. The van der Waals surface area contributed by atoms with Gasteiger partial charge in [-0.25, -0.2) is 0 Å². The number of benzene rings is 1. The lowest BCUT2D eigenvalue weighted by atomic mass is 10.1. The van der Waals surface area contributed by atoms with Crippen LogP contribution < -0.4 is 0 Å². The molecule has 3 rings (SSSR count). The average Bonchev–Trinajstić information content (AvgIpc) is 3.01. The molecule has 1 aliphatic heterocycles. The first kappa shape index (κ1) is 16.1. The number of carbonyl (C=O) groups is 1. The number of rotatable bonds is 3. The fourth-order valence-electron chi connectivity index (χ4n) is 2.84. The van der Waals surface area contributed by atoms with E-state index in [2.05, 4.69) is 16.2 Å². The van der Waals surface area contributed by atoms with Crippen LogP contribution in [0.2, 0.25) is 0 Å². The third-order valence-corrected chi connectivity index (χ3v) is 4.05. The number of aryl methyl sites for hydroxylation is 1. The highest BCUT2D eigenvalue weighted by molar-refractivity contribution is 5.79. The molecule has 1 fully saturated rings. The smallest absolute Gasteiger partial charge is 0.252 e. The Morgan fingerprint density at radius 3 is 2.79 bits per heavy atom. The summed E-state index contributed by atoms with van der Waals surface area (Å²) in [6, 6.07) is 8.70. The monoisotopic (exact) mass is 326 g/mol. The summed E-state index contributed by atoms with van der Waals surface area (Å²) in [6.07, 6.45) is 0.0331. The Morgan fingerprint density at radius 2 is 2.17 bits per heavy atom. The van der Waals surface area contributed by atoms with Gasteiger partial charge in [0.1, 0.15) is 6.04 Å². The molecular weight excluding hydrogens is 308 g/mol. The Hall–Kier alpha value is -2.72. The van der Waals surface area contributed by atoms with Crippen LogP contribution in [0, 0.1) is 18.3 Å². The van der Waals surface area contributed by atoms with Crippen LogP contribution in [0.3, 0.4) is 0 Å². The molecule has 0 aliphatic carbocycles. The van der Waals surface area contributed by atoms with Gasteiger partial charge in [-0.1, -0.05) is 17.3 Å². The second-order valence-corrected chi connectivity index (χ2v) is 5.77. The predicted molar refractivity (Wildman–Crippen MR) is 83.8 cm³/mol. The van der Waals surface area contributed by atoms with Gasteiger partial charge in [-0.05, 0) is 31.5 Å². The lowest BCUT2D eigenvalue weighted by Crippen LogP contribution is -2.47. The Kier molecular flexibility index (Phi) is 4.58. The summed E-state index contributed by atoms with van der Waals surface area (Å²) in [5.74, 6) is 0.894. The standard InChI is InChI=1S/C17H18N4O3/c1-11-16(17-19-12(2)20-24-17)21(7-8-23-11)15(22)9-13-3-5-14(10-18)6-4-13/h3-6,11,16H,7-9H2,1-2H3/t11-,16+/m1/s1. The quantitative estimate of drug-likeness (QED) is 0.853. The summed E-state index contributed by atoms with van der Waals surface area (Å²) in [6.45, 7) is 4.59. The van der Waals surface area contributed by atoms with Gasteiger partial charge in [0.2, 0.25) is 5.91 Å². The van der Waals surface area contributed by atoms with Gasteiger partial charge in [0.05, 0.1) is 30.8 Å². The van der Waals surface area contributed by atoms with Crippen LogP contribution in [-0.4, -0.2) is 40.2 Å². The van der Waals surface area contributed by atoms with Crippen molar-refractivity contribution in [1.29, 1.82) is 5.26 Å². The van der Waals surface area contributed by atoms with Crippen molar-refractivity contribution in [2.24, 2.45) is 0 Å². The third kappa shape index (κ3) is 3.29. The highest BCUT2D eigenvalue weighted by Crippen LogP contribution is 2.29. The van der Waals surface area contributed by atoms with Crippen LogP contribution in [0.4, 0.5) is 0 Å². The minimum Gasteiger partial charge on any atom is -0.374 e. The Bertz CT molecular complexity index is 763. The first-order valence-corrected chi connectivity index (χ1v) is 7.79. The van der Waals surface area contributed by atoms with Gasteiger partial charge in [-0.15, -0.1) is 0 Å². The molecule has 124 valence electrons. The molecule has 1 aromatic heterocycles. The number of morpholine rings is 1. The maximum atomic E-state index is 12.8. The van der Waals surface area contributed by atoms with Gasteiger partial charge >= 0.3 is 0 Å². The van der Waals surface area contributed by atoms with Gasteiger partial charge in [-0.2, -0.15) is 10.2 Å². The SMILES string of the molecule is Cc1noc([C@@H]2[C@@H](C)OCCN2C(=O)Cc2ccc(C#N)cc2)n1. The minimum absolute atomic E-state index is 0.0317. The molecule has 0 unspecified atom stereocenters. The number of carbonyl (C=O) groups excluding carboxylic acids is 1. The number of hydrogen-bond donors (Lipinski definition) is 0. The number of aromatic nitrogens is 2. The molecule has 7 heteroatoms. The zero-order valence-electron chi connectivity index (χ0n) is 13.6. The van der Waals surface area contributed by atoms with E-state index in [1.807, 2.05) is 6.92 Å². The summed E-state index contributed by atoms with van der Waals surface area (Å²) in [4.78, 5) is 18.8. The van der Waals surface area contributed by atoms with Crippen LogP contribution >= 0.6 is 0 Å². The van der Waals surface area contributed by atoms with E-state index in [9.17, 15) is 4.79 Å². The third-order valence-electron chi connectivity index (χ3n) is 4.05. The maximum Gasteiger partial charge on any atom is 0.252 e. The lowest BCUT2D eigenvalue weighted by Gasteiger charge is -2.37. The van der Waals surface area contributed by atoms with E-state index in [0.717, 1.165) is 5.56 Å². The Labute approximate surface area is 139 Å². The van der Waals surface area contributed by atoms with Gasteiger partial charge < -0.3 is 14.2 Å². The average molecular weight is 326 g/mol. The van der Waals surface area contributed by atoms with Crippen molar-refractivity contribution in [2.45, 2.75) is 32.4 Å². The molecule has 0 radical (unpaired) electrons. The topological polar surface area (TPSA) is 92.3 Å². The molecule has 2 heterocycles. The van der Waals surface area contributed by atoms with E-state index < -0.39 is 0 Å². The molecule has 1 aromatic carbocycles. The first-order valence-electron chi connectivity index (χ1n) is 7.79. The molecule has 7 nitrogen and oxygen atoms in total. The van der Waals surface area contributed by atoms with Crippen LogP contribution in [0.5, 0.6) is 0 Å². The number of amides is 1. The molecule has 1 amide bonds. The van der Waals surface area contributed by atoms with Crippen molar-refractivity contribution in [1.82, 2.24) is 15.0 Å². The molecule has 2 aromatic rings. The molecule has 0 N–H and O–H groups in total. The van der Waals surface area contributed by atoms with Crippen molar-refractivity contribution in [3.8, 4) is 6.07 Å². The molecule has 24 heavy (non-hydrogen) atoms. The van der Waals surface area contributed by atoms with Crippen molar-refractivity contribution >= 4 is 5.91 Å². The van der Waals surface area contributed by atoms with Crippen molar-refractivity contribution < 1.29 is 14.1 Å². The first-order chi connectivity index (χ1) is 11.6. The summed E-state index contributed by atoms with van der Waals surface area (Å²) in [5.41, 5.74) is 1.43. The van der Waals surface area contributed by atoms with Crippen LogP contribution in [0.15, 0.2) is 28.8 Å². The largest absolute Gasteiger partial charge is 0.374 e. The Balaban J connectivity index is 1.79. The molecule has 1 saturated heterocycles. The minimum atomic E-state index is -0.383. The molecule has 1 aliphatic rings. The van der Waals surface area contributed by atoms with Crippen LogP contribution in [-0.2, 0) is 16.0 Å². The van der Waals surface area contributed by atoms with E-state index in [1.165, 1.54) is 0 Å². The van der Waals surface area contributed by atoms with Gasteiger partial charge in [0.15, 0.2) is 5.82 Å². The normalized spacial score (nSPS) is 20.6. The van der Waals surface area contributed by atoms with Crippen LogP contribution in [0.25, 0.3) is 0 Å². The van der Waals surface area contributed by atoms with E-state index >= 15 is 0 Å². The maximum absolute atomic E-state index is 12.8. The van der Waals surface area contributed by atoms with Crippen molar-refractivity contribution in [2.75, 3.05) is 13.2 Å². The zero-order chi connectivity index (χ0) is 17.1. The molecular formula is C17H18N4O3. The fraction of sp³-hybridized carbons (Fsp3) is 0.412. The molecule has 2 atom stereocenters. The van der Waals surface area contributed by atoms with Gasteiger partial charge in [0, 0.05) is 6.54 Å². The van der Waals surface area contributed by atoms with E-state index in [0.29, 0.717) is 30.4 Å². The summed E-state index contributed by atoms with van der Waals surface area (Å²) in [7, 11) is 0. The van der Waals surface area contributed by atoms with Gasteiger partial charge in [-0.3, -0.25) is 4.79 Å². The second-order valence-electron chi connectivity index (χ2n) is 5.77. The predicted octanol–water partition coefficient (Wildman–Crippen LogP) is 1.78. The van der Waals surface area contributed by atoms with Crippen molar-refractivity contribution in [3.63, 3.8) is 0 Å². The highest BCUT2D eigenvalue weighted by atomic mass is 16.5. The molecule has 0 spiro atoms. The fourth-order valence-corrected chi connectivity index (χ4v) is 2.84. The number of hydrogen-bond acceptors (Lipinski definition) is 6.